The molecule has 2 aliphatic rings. The number of aryl methyl sites for hydroxylation is 1. The number of hydrogen-bond donors (Lipinski definition) is 1. The number of nitrogens with zero attached hydrogens (tertiary/aromatic N) is 1. The lowest BCUT2D eigenvalue weighted by molar-refractivity contribution is 0.0719. The molecule has 32 heavy (non-hydrogen) atoms. The van der Waals surface area contributed by atoms with Crippen molar-refractivity contribution in [1.82, 2.24) is 10.2 Å². The first kappa shape index (κ1) is 22.8. The van der Waals surface area contributed by atoms with E-state index in [4.69, 9.17) is 9.47 Å². The van der Waals surface area contributed by atoms with Crippen molar-refractivity contribution >= 4 is 5.91 Å². The average Bonchev–Trinajstić information content (AvgIpc) is 3.65. The Hall–Kier alpha value is -2.37. The van der Waals surface area contributed by atoms with Gasteiger partial charge in [-0.1, -0.05) is 18.2 Å². The third-order valence-corrected chi connectivity index (χ3v) is 6.70. The van der Waals surface area contributed by atoms with Gasteiger partial charge in [0.05, 0.1) is 13.2 Å². The van der Waals surface area contributed by atoms with E-state index in [0.717, 1.165) is 49.6 Å². The van der Waals surface area contributed by atoms with Crippen molar-refractivity contribution in [3.05, 3.63) is 64.7 Å². The van der Waals surface area contributed by atoms with Crippen molar-refractivity contribution in [2.24, 2.45) is 5.92 Å². The summed E-state index contributed by atoms with van der Waals surface area (Å²) in [4.78, 5) is 15.0. The predicted octanol–water partition coefficient (Wildman–Crippen LogP) is 4.23. The summed E-state index contributed by atoms with van der Waals surface area (Å²) in [5.41, 5.74) is 4.80. The lowest BCUT2D eigenvalue weighted by Crippen LogP contribution is -2.40. The molecule has 0 aliphatic heterocycles. The molecule has 1 amide bonds. The van der Waals surface area contributed by atoms with Crippen LogP contribution in [0.25, 0.3) is 0 Å². The highest BCUT2D eigenvalue weighted by atomic mass is 16.5. The van der Waals surface area contributed by atoms with Crippen molar-refractivity contribution < 1.29 is 14.3 Å². The quantitative estimate of drug-likeness (QED) is 0.606. The minimum absolute atomic E-state index is 0.0835. The van der Waals surface area contributed by atoms with Crippen LogP contribution in [0.15, 0.2) is 42.5 Å². The Labute approximate surface area is 192 Å². The molecule has 0 saturated heterocycles. The van der Waals surface area contributed by atoms with E-state index in [9.17, 15) is 4.79 Å². The third kappa shape index (κ3) is 5.90. The van der Waals surface area contributed by atoms with Gasteiger partial charge in [0.1, 0.15) is 5.75 Å². The largest absolute Gasteiger partial charge is 0.493 e. The number of carbonyl (C=O) groups excluding carboxylic acids is 1. The van der Waals surface area contributed by atoms with Crippen molar-refractivity contribution in [2.75, 3.05) is 27.4 Å². The Morgan fingerprint density at radius 1 is 1.12 bits per heavy atom. The Balaban J connectivity index is 1.32. The van der Waals surface area contributed by atoms with Gasteiger partial charge >= 0.3 is 0 Å². The van der Waals surface area contributed by atoms with Gasteiger partial charge in [0.2, 0.25) is 0 Å². The van der Waals surface area contributed by atoms with Crippen molar-refractivity contribution in [3.63, 3.8) is 0 Å². The van der Waals surface area contributed by atoms with Crippen LogP contribution in [0.3, 0.4) is 0 Å². The van der Waals surface area contributed by atoms with Gasteiger partial charge in [0, 0.05) is 38.3 Å². The smallest absolute Gasteiger partial charge is 0.253 e. The number of likely N-dealkylation sites (N-methyl/N-ethyl adjacent to an activating group) is 1. The molecule has 4 rings (SSSR count). The van der Waals surface area contributed by atoms with E-state index >= 15 is 0 Å². The monoisotopic (exact) mass is 436 g/mol. The van der Waals surface area contributed by atoms with Crippen LogP contribution in [-0.4, -0.2) is 50.3 Å². The lowest BCUT2D eigenvalue weighted by atomic mass is 9.86. The molecule has 2 atom stereocenters. The second-order valence-electron chi connectivity index (χ2n) is 9.43. The first-order chi connectivity index (χ1) is 15.5. The summed E-state index contributed by atoms with van der Waals surface area (Å²) >= 11 is 0. The number of carbonyl (C=O) groups is 1. The molecular weight excluding hydrogens is 400 g/mol. The number of benzene rings is 2. The molecule has 1 saturated carbocycles. The highest BCUT2D eigenvalue weighted by molar-refractivity contribution is 5.94. The number of fused-ring (bicyclic) bond motifs is 1. The van der Waals surface area contributed by atoms with Crippen molar-refractivity contribution in [1.29, 1.82) is 0 Å². The SMILES string of the molecule is COC[C@H](C)NCc1ccc2c(c1)CC[C@H](N(C)C(=O)c1ccc(OCC3CC3)cc1)C2. The van der Waals surface area contributed by atoms with E-state index in [-0.39, 0.29) is 11.9 Å². The van der Waals surface area contributed by atoms with E-state index in [0.29, 0.717) is 12.6 Å². The summed E-state index contributed by atoms with van der Waals surface area (Å²) in [6.45, 7) is 4.48. The summed E-state index contributed by atoms with van der Waals surface area (Å²) in [6, 6.07) is 14.9. The van der Waals surface area contributed by atoms with Crippen LogP contribution in [0.5, 0.6) is 5.75 Å². The van der Waals surface area contributed by atoms with Gasteiger partial charge in [-0.15, -0.1) is 0 Å². The fourth-order valence-electron chi connectivity index (χ4n) is 4.39. The van der Waals surface area contributed by atoms with Crippen LogP contribution in [-0.2, 0) is 24.1 Å². The first-order valence-corrected chi connectivity index (χ1v) is 11.9. The van der Waals surface area contributed by atoms with E-state index in [1.807, 2.05) is 36.2 Å². The Morgan fingerprint density at radius 3 is 2.62 bits per heavy atom. The van der Waals surface area contributed by atoms with Gasteiger partial charge in [-0.05, 0) is 85.9 Å². The van der Waals surface area contributed by atoms with Crippen LogP contribution in [0.2, 0.25) is 0 Å². The summed E-state index contributed by atoms with van der Waals surface area (Å²) in [7, 11) is 3.67. The summed E-state index contributed by atoms with van der Waals surface area (Å²) in [5.74, 6) is 1.66. The molecule has 1 fully saturated rings. The van der Waals surface area contributed by atoms with Crippen molar-refractivity contribution in [3.8, 4) is 5.75 Å². The summed E-state index contributed by atoms with van der Waals surface area (Å²) in [6.07, 6.45) is 5.46. The van der Waals surface area contributed by atoms with Crippen LogP contribution in [0.4, 0.5) is 0 Å². The van der Waals surface area contributed by atoms with Gasteiger partial charge in [0.15, 0.2) is 0 Å². The number of amides is 1. The van der Waals surface area contributed by atoms with Gasteiger partial charge in [0.25, 0.3) is 5.91 Å². The predicted molar refractivity (Wildman–Crippen MR) is 127 cm³/mol. The maximum Gasteiger partial charge on any atom is 0.253 e. The second-order valence-corrected chi connectivity index (χ2v) is 9.43. The second kappa shape index (κ2) is 10.5. The molecular formula is C27H36N2O3. The van der Waals surface area contributed by atoms with Crippen LogP contribution in [0.1, 0.15) is 53.2 Å². The topological polar surface area (TPSA) is 50.8 Å². The molecule has 1 N–H and O–H groups in total. The molecule has 0 heterocycles. The van der Waals surface area contributed by atoms with Crippen LogP contribution in [0, 0.1) is 5.92 Å². The van der Waals surface area contributed by atoms with Gasteiger partial charge in [-0.2, -0.15) is 0 Å². The highest BCUT2D eigenvalue weighted by Gasteiger charge is 2.26. The minimum atomic E-state index is 0.0835. The molecule has 2 aromatic rings. The van der Waals surface area contributed by atoms with E-state index < -0.39 is 0 Å². The maximum atomic E-state index is 13.1. The number of hydrogen-bond acceptors (Lipinski definition) is 4. The third-order valence-electron chi connectivity index (χ3n) is 6.70. The number of rotatable bonds is 10. The number of methoxy groups -OCH3 is 1. The standard InChI is InChI=1S/C27H36N2O3/c1-19(17-31-3)28-16-21-6-7-24-15-25(11-8-23(24)14-21)29(2)27(30)22-9-12-26(13-10-22)32-18-20-4-5-20/h6-7,9-10,12-14,19-20,25,28H,4-5,8,11,15-18H2,1-3H3/t19-,25-/m0/s1. The van der Waals surface area contributed by atoms with E-state index in [1.54, 1.807) is 7.11 Å². The molecule has 2 aliphatic carbocycles. The molecule has 0 radical (unpaired) electrons. The van der Waals surface area contributed by atoms with E-state index in [1.165, 1.54) is 29.5 Å². The van der Waals surface area contributed by atoms with Gasteiger partial charge in [-0.25, -0.2) is 0 Å². The average molecular weight is 437 g/mol. The Bertz CT molecular complexity index is 908. The molecule has 2 aromatic carbocycles. The Morgan fingerprint density at radius 2 is 1.91 bits per heavy atom. The lowest BCUT2D eigenvalue weighted by Gasteiger charge is -2.33. The first-order valence-electron chi connectivity index (χ1n) is 11.9. The molecule has 0 bridgehead atoms. The molecule has 5 heteroatoms. The van der Waals surface area contributed by atoms with E-state index in [2.05, 4.69) is 30.4 Å². The van der Waals surface area contributed by atoms with Crippen molar-refractivity contribution in [2.45, 2.75) is 57.7 Å². The fourth-order valence-corrected chi connectivity index (χ4v) is 4.39. The molecule has 0 aromatic heterocycles. The zero-order valence-corrected chi connectivity index (χ0v) is 19.6. The normalized spacial score (nSPS) is 18.7. The molecule has 0 spiro atoms. The molecule has 0 unspecified atom stereocenters. The maximum absolute atomic E-state index is 13.1. The minimum Gasteiger partial charge on any atom is -0.493 e. The number of nitrogens with one attached hydrogen (secondary N) is 1. The summed E-state index contributed by atoms with van der Waals surface area (Å²) < 4.78 is 11.0. The zero-order valence-electron chi connectivity index (χ0n) is 19.6. The van der Waals surface area contributed by atoms with Crippen LogP contribution >= 0.6 is 0 Å². The summed E-state index contributed by atoms with van der Waals surface area (Å²) in [5, 5.41) is 3.50. The van der Waals surface area contributed by atoms with Crippen LogP contribution < -0.4 is 10.1 Å². The fraction of sp³-hybridized carbons (Fsp3) is 0.519. The van der Waals surface area contributed by atoms with Gasteiger partial charge in [-0.3, -0.25) is 4.79 Å². The zero-order chi connectivity index (χ0) is 22.5. The molecule has 5 nitrogen and oxygen atoms in total. The van der Waals surface area contributed by atoms with Gasteiger partial charge < -0.3 is 19.7 Å². The Kier molecular flexibility index (Phi) is 7.48. The molecule has 172 valence electrons. The highest BCUT2D eigenvalue weighted by Crippen LogP contribution is 2.30. The number of ether oxygens (including phenoxy) is 2.